The van der Waals surface area contributed by atoms with Crippen molar-refractivity contribution in [3.8, 4) is 0 Å². The van der Waals surface area contributed by atoms with Gasteiger partial charge in [-0.2, -0.15) is 26.3 Å². The van der Waals surface area contributed by atoms with Gasteiger partial charge in [0.1, 0.15) is 17.2 Å². The standard InChI is InChI=1S/C25H22F3N5O.C2HF3O2/c1-16-4-2-5-17(12-16)15-33-20-7-8-22(25(26,27)28)31-19(20)13-21(33)24(34)30-18-6-9-23(29-14-18)32-10-3-11-32;3-2(4,5)1(6)7/h2,4-9,12-14H,3,10-11,15H2,1H3,(H,30,34);(H,6,7). The molecule has 0 aliphatic carbocycles. The lowest BCUT2D eigenvalue weighted by Crippen LogP contribution is -2.37. The van der Waals surface area contributed by atoms with Crippen molar-refractivity contribution in [3.05, 3.63) is 83.3 Å². The van der Waals surface area contributed by atoms with E-state index in [9.17, 15) is 31.1 Å². The van der Waals surface area contributed by atoms with E-state index in [1.807, 2.05) is 37.3 Å². The van der Waals surface area contributed by atoms with Crippen molar-refractivity contribution in [2.75, 3.05) is 23.3 Å². The Hall–Kier alpha value is -4.62. The van der Waals surface area contributed by atoms with Gasteiger partial charge in [0, 0.05) is 19.6 Å². The van der Waals surface area contributed by atoms with E-state index in [1.54, 1.807) is 16.8 Å². The Labute approximate surface area is 229 Å². The summed E-state index contributed by atoms with van der Waals surface area (Å²) >= 11 is 0. The number of hydrogen-bond donors (Lipinski definition) is 2. The van der Waals surface area contributed by atoms with Crippen molar-refractivity contribution in [2.24, 2.45) is 0 Å². The Morgan fingerprint density at radius 3 is 2.24 bits per heavy atom. The molecular weight excluding hydrogens is 556 g/mol. The summed E-state index contributed by atoms with van der Waals surface area (Å²) in [4.78, 5) is 32.4. The molecule has 1 aromatic carbocycles. The van der Waals surface area contributed by atoms with E-state index in [-0.39, 0.29) is 11.2 Å². The van der Waals surface area contributed by atoms with Crippen LogP contribution in [0.2, 0.25) is 0 Å². The fourth-order valence-corrected chi connectivity index (χ4v) is 4.04. The average molecular weight is 580 g/mol. The fourth-order valence-electron chi connectivity index (χ4n) is 4.04. The van der Waals surface area contributed by atoms with Gasteiger partial charge in [0.25, 0.3) is 5.91 Å². The van der Waals surface area contributed by atoms with Crippen molar-refractivity contribution in [1.82, 2.24) is 14.5 Å². The molecule has 0 bridgehead atoms. The summed E-state index contributed by atoms with van der Waals surface area (Å²) in [6.07, 6.45) is -6.94. The molecule has 2 N–H and O–H groups in total. The van der Waals surface area contributed by atoms with E-state index in [0.717, 1.165) is 42.5 Å². The van der Waals surface area contributed by atoms with Gasteiger partial charge in [-0.15, -0.1) is 0 Å². The Morgan fingerprint density at radius 1 is 1.00 bits per heavy atom. The van der Waals surface area contributed by atoms with Crippen molar-refractivity contribution in [3.63, 3.8) is 0 Å². The normalized spacial score (nSPS) is 13.3. The molecule has 0 spiro atoms. The van der Waals surface area contributed by atoms with E-state index in [2.05, 4.69) is 20.2 Å². The number of aryl methyl sites for hydroxylation is 1. The molecule has 41 heavy (non-hydrogen) atoms. The monoisotopic (exact) mass is 579 g/mol. The van der Waals surface area contributed by atoms with Crippen LogP contribution in [0, 0.1) is 6.92 Å². The first-order valence-electron chi connectivity index (χ1n) is 12.2. The average Bonchev–Trinajstić information content (AvgIpc) is 3.21. The molecule has 14 heteroatoms. The molecule has 0 atom stereocenters. The molecule has 3 aromatic heterocycles. The van der Waals surface area contributed by atoms with Gasteiger partial charge in [-0.05, 0) is 49.2 Å². The molecule has 1 aliphatic heterocycles. The molecule has 8 nitrogen and oxygen atoms in total. The molecule has 0 saturated carbocycles. The van der Waals surface area contributed by atoms with Crippen LogP contribution >= 0.6 is 0 Å². The highest BCUT2D eigenvalue weighted by Crippen LogP contribution is 2.30. The number of aliphatic carboxylic acids is 1. The van der Waals surface area contributed by atoms with Gasteiger partial charge in [-0.25, -0.2) is 14.8 Å². The fraction of sp³-hybridized carbons (Fsp3) is 0.259. The summed E-state index contributed by atoms with van der Waals surface area (Å²) in [5.74, 6) is -2.35. The molecule has 1 fully saturated rings. The second-order valence-electron chi connectivity index (χ2n) is 9.21. The van der Waals surface area contributed by atoms with Crippen LogP contribution in [0.5, 0.6) is 0 Å². The van der Waals surface area contributed by atoms with Crippen LogP contribution in [0.3, 0.4) is 0 Å². The van der Waals surface area contributed by atoms with Crippen LogP contribution in [0.25, 0.3) is 11.0 Å². The third-order valence-corrected chi connectivity index (χ3v) is 6.13. The number of anilines is 2. The highest BCUT2D eigenvalue weighted by Gasteiger charge is 2.38. The smallest absolute Gasteiger partial charge is 0.475 e. The maximum Gasteiger partial charge on any atom is 0.490 e. The molecule has 4 heterocycles. The van der Waals surface area contributed by atoms with Gasteiger partial charge in [0.05, 0.1) is 22.9 Å². The molecule has 4 aromatic rings. The molecule has 1 aliphatic rings. The maximum atomic E-state index is 13.2. The van der Waals surface area contributed by atoms with Gasteiger partial charge in [-0.3, -0.25) is 4.79 Å². The van der Waals surface area contributed by atoms with Gasteiger partial charge in [-0.1, -0.05) is 29.8 Å². The number of amides is 1. The lowest BCUT2D eigenvalue weighted by atomic mass is 10.1. The minimum absolute atomic E-state index is 0.110. The number of carbonyl (C=O) groups is 2. The predicted octanol–water partition coefficient (Wildman–Crippen LogP) is 5.90. The number of carbonyl (C=O) groups excluding carboxylic acids is 1. The van der Waals surface area contributed by atoms with Gasteiger partial charge in [0.15, 0.2) is 0 Å². The summed E-state index contributed by atoms with van der Waals surface area (Å²) in [5.41, 5.74) is 2.26. The van der Waals surface area contributed by atoms with Crippen LogP contribution in [0.4, 0.5) is 37.8 Å². The quantitative estimate of drug-likeness (QED) is 0.286. The summed E-state index contributed by atoms with van der Waals surface area (Å²) in [7, 11) is 0. The zero-order valence-corrected chi connectivity index (χ0v) is 21.4. The highest BCUT2D eigenvalue weighted by molar-refractivity contribution is 6.06. The molecule has 0 unspecified atom stereocenters. The molecule has 1 amide bonds. The van der Waals surface area contributed by atoms with Crippen LogP contribution in [0.1, 0.15) is 33.7 Å². The molecule has 5 rings (SSSR count). The first-order chi connectivity index (χ1) is 19.2. The number of carboxylic acids is 1. The first-order valence-corrected chi connectivity index (χ1v) is 12.2. The first kappa shape index (κ1) is 29.4. The number of rotatable bonds is 5. The van der Waals surface area contributed by atoms with Crippen LogP contribution in [-0.4, -0.2) is 50.8 Å². The van der Waals surface area contributed by atoms with E-state index in [4.69, 9.17) is 9.90 Å². The SMILES string of the molecule is Cc1cccc(Cn2c(C(=O)Nc3ccc(N4CCC4)nc3)cc3nc(C(F)(F)F)ccc32)c1.O=C(O)C(F)(F)F. The number of pyridine rings is 2. The Bertz CT molecular complexity index is 1560. The second-order valence-corrected chi connectivity index (χ2v) is 9.21. The van der Waals surface area contributed by atoms with Gasteiger partial charge >= 0.3 is 18.3 Å². The summed E-state index contributed by atoms with van der Waals surface area (Å²) in [6, 6.07) is 15.1. The highest BCUT2D eigenvalue weighted by atomic mass is 19.4. The second kappa shape index (κ2) is 11.5. The van der Waals surface area contributed by atoms with Crippen LogP contribution < -0.4 is 10.2 Å². The Morgan fingerprint density at radius 2 is 1.71 bits per heavy atom. The number of alkyl halides is 6. The zero-order valence-electron chi connectivity index (χ0n) is 21.4. The third kappa shape index (κ3) is 7.13. The molecule has 1 saturated heterocycles. The minimum atomic E-state index is -5.08. The summed E-state index contributed by atoms with van der Waals surface area (Å²) < 4.78 is 73.1. The Kier molecular flexibility index (Phi) is 8.22. The number of benzene rings is 1. The van der Waals surface area contributed by atoms with E-state index < -0.39 is 29.9 Å². The number of nitrogens with one attached hydrogen (secondary N) is 1. The summed E-state index contributed by atoms with van der Waals surface area (Å²) in [6.45, 7) is 4.20. The summed E-state index contributed by atoms with van der Waals surface area (Å²) in [5, 5.41) is 9.94. The predicted molar refractivity (Wildman–Crippen MR) is 138 cm³/mol. The van der Waals surface area contributed by atoms with Gasteiger partial charge in [0.2, 0.25) is 0 Å². The van der Waals surface area contributed by atoms with Crippen LogP contribution in [0.15, 0.2) is 60.8 Å². The van der Waals surface area contributed by atoms with Crippen molar-refractivity contribution < 1.29 is 41.0 Å². The lowest BCUT2D eigenvalue weighted by molar-refractivity contribution is -0.192. The third-order valence-electron chi connectivity index (χ3n) is 6.13. The number of halogens is 6. The van der Waals surface area contributed by atoms with Crippen LogP contribution in [-0.2, 0) is 17.5 Å². The largest absolute Gasteiger partial charge is 0.490 e. The molecular formula is C27H23F6N5O3. The number of aromatic nitrogens is 3. The van der Waals surface area contributed by atoms with E-state index >= 15 is 0 Å². The zero-order chi connectivity index (χ0) is 29.9. The topological polar surface area (TPSA) is 100 Å². The van der Waals surface area contributed by atoms with Crippen molar-refractivity contribution in [2.45, 2.75) is 32.2 Å². The van der Waals surface area contributed by atoms with Crippen molar-refractivity contribution >= 4 is 34.4 Å². The lowest BCUT2D eigenvalue weighted by Gasteiger charge is -2.31. The molecule has 0 radical (unpaired) electrons. The minimum Gasteiger partial charge on any atom is -0.475 e. The molecule has 216 valence electrons. The number of hydrogen-bond acceptors (Lipinski definition) is 5. The Balaban J connectivity index is 0.000000493. The number of carboxylic acid groups (broad SMARTS) is 1. The van der Waals surface area contributed by atoms with E-state index in [0.29, 0.717) is 17.7 Å². The van der Waals surface area contributed by atoms with E-state index in [1.165, 1.54) is 12.1 Å². The number of fused-ring (bicyclic) bond motifs is 1. The van der Waals surface area contributed by atoms with Crippen molar-refractivity contribution in [1.29, 1.82) is 0 Å². The number of nitrogens with zero attached hydrogens (tertiary/aromatic N) is 4. The van der Waals surface area contributed by atoms with Gasteiger partial charge < -0.3 is 19.9 Å². The maximum absolute atomic E-state index is 13.2.